The molecular weight excluding hydrogens is 394 g/mol. The maximum atomic E-state index is 12.2. The third kappa shape index (κ3) is 5.70. The van der Waals surface area contributed by atoms with Gasteiger partial charge in [0.2, 0.25) is 0 Å². The van der Waals surface area contributed by atoms with Gasteiger partial charge in [0.05, 0.1) is 22.9 Å². The van der Waals surface area contributed by atoms with E-state index in [-0.39, 0.29) is 12.5 Å². The third-order valence-corrected chi connectivity index (χ3v) is 6.08. The number of aromatic nitrogens is 1. The van der Waals surface area contributed by atoms with Gasteiger partial charge in [-0.3, -0.25) is 0 Å². The summed E-state index contributed by atoms with van der Waals surface area (Å²) in [6, 6.07) is 14.9. The van der Waals surface area contributed by atoms with E-state index in [0.29, 0.717) is 23.7 Å². The molecule has 1 heterocycles. The summed E-state index contributed by atoms with van der Waals surface area (Å²) in [5.41, 5.74) is 1.34. The van der Waals surface area contributed by atoms with Gasteiger partial charge in [-0.2, -0.15) is 0 Å². The first-order valence-corrected chi connectivity index (χ1v) is 10.9. The number of rotatable bonds is 9. The second kappa shape index (κ2) is 9.91. The highest BCUT2D eigenvalue weighted by molar-refractivity contribution is 8.01. The minimum Gasteiger partial charge on any atom is -0.490 e. The topological polar surface area (TPSA) is 68.7 Å². The Morgan fingerprint density at radius 1 is 1.14 bits per heavy atom. The standard InChI is InChI=1S/C21H23NO4S2/c1-14(2)11-26-20(24)16-7-3-5-9-18(16)25-12-15(23)13-27-21-22-17-8-4-6-10-19(17)28-21/h3-10,14-15,23H,11-13H2,1-2H3. The molecule has 2 aromatic carbocycles. The summed E-state index contributed by atoms with van der Waals surface area (Å²) in [4.78, 5) is 16.8. The normalized spacial score (nSPS) is 12.3. The van der Waals surface area contributed by atoms with E-state index in [4.69, 9.17) is 9.47 Å². The zero-order valence-corrected chi connectivity index (χ0v) is 17.5. The predicted molar refractivity (Wildman–Crippen MR) is 113 cm³/mol. The van der Waals surface area contributed by atoms with Gasteiger partial charge in [-0.05, 0) is 30.2 Å². The van der Waals surface area contributed by atoms with Crippen LogP contribution in [0.1, 0.15) is 24.2 Å². The van der Waals surface area contributed by atoms with Gasteiger partial charge in [-0.1, -0.05) is 49.9 Å². The molecule has 0 aliphatic carbocycles. The monoisotopic (exact) mass is 417 g/mol. The van der Waals surface area contributed by atoms with Crippen LogP contribution in [0.5, 0.6) is 5.75 Å². The van der Waals surface area contributed by atoms with Crippen molar-refractivity contribution in [2.24, 2.45) is 5.92 Å². The molecule has 3 rings (SSSR count). The summed E-state index contributed by atoms with van der Waals surface area (Å²) >= 11 is 3.10. The minimum atomic E-state index is -0.684. The number of aliphatic hydroxyl groups excluding tert-OH is 1. The first-order chi connectivity index (χ1) is 13.5. The number of benzene rings is 2. The van der Waals surface area contributed by atoms with Crippen molar-refractivity contribution in [2.75, 3.05) is 19.0 Å². The molecular formula is C21H23NO4S2. The zero-order valence-electron chi connectivity index (χ0n) is 15.8. The Bertz CT molecular complexity index is 892. The van der Waals surface area contributed by atoms with E-state index in [1.807, 2.05) is 38.1 Å². The lowest BCUT2D eigenvalue weighted by Crippen LogP contribution is -2.21. The van der Waals surface area contributed by atoms with Crippen molar-refractivity contribution in [3.63, 3.8) is 0 Å². The number of para-hydroxylation sites is 2. The highest BCUT2D eigenvalue weighted by atomic mass is 32.2. The average molecular weight is 418 g/mol. The van der Waals surface area contributed by atoms with Gasteiger partial charge in [0.15, 0.2) is 4.34 Å². The van der Waals surface area contributed by atoms with Crippen molar-refractivity contribution >= 4 is 39.3 Å². The van der Waals surface area contributed by atoms with Crippen LogP contribution < -0.4 is 4.74 Å². The molecule has 0 fully saturated rings. The van der Waals surface area contributed by atoms with Crippen LogP contribution in [0, 0.1) is 5.92 Å². The smallest absolute Gasteiger partial charge is 0.341 e. The Morgan fingerprint density at radius 3 is 2.68 bits per heavy atom. The molecule has 3 aromatic rings. The summed E-state index contributed by atoms with van der Waals surface area (Å²) in [6.07, 6.45) is -0.684. The first kappa shape index (κ1) is 20.6. The van der Waals surface area contributed by atoms with Crippen molar-refractivity contribution in [3.8, 4) is 5.75 Å². The van der Waals surface area contributed by atoms with Crippen LogP contribution in [0.25, 0.3) is 10.2 Å². The molecule has 1 unspecified atom stereocenters. The van der Waals surface area contributed by atoms with Crippen LogP contribution in [-0.2, 0) is 4.74 Å². The SMILES string of the molecule is CC(C)COC(=O)c1ccccc1OCC(O)CSc1nc2ccccc2s1. The molecule has 5 nitrogen and oxygen atoms in total. The number of nitrogens with zero attached hydrogens (tertiary/aromatic N) is 1. The summed E-state index contributed by atoms with van der Waals surface area (Å²) in [5.74, 6) is 0.723. The van der Waals surface area contributed by atoms with Crippen LogP contribution in [0.3, 0.4) is 0 Å². The molecule has 7 heteroatoms. The molecule has 0 radical (unpaired) electrons. The van der Waals surface area contributed by atoms with Crippen LogP contribution in [-0.4, -0.2) is 41.1 Å². The van der Waals surface area contributed by atoms with Crippen LogP contribution >= 0.6 is 23.1 Å². The highest BCUT2D eigenvalue weighted by Gasteiger charge is 2.16. The maximum absolute atomic E-state index is 12.2. The first-order valence-electron chi connectivity index (χ1n) is 9.08. The number of fused-ring (bicyclic) bond motifs is 1. The number of thioether (sulfide) groups is 1. The average Bonchev–Trinajstić information content (AvgIpc) is 3.12. The third-order valence-electron chi connectivity index (χ3n) is 3.76. The van der Waals surface area contributed by atoms with Crippen molar-refractivity contribution < 1.29 is 19.4 Å². The van der Waals surface area contributed by atoms with E-state index in [1.165, 1.54) is 11.8 Å². The molecule has 1 N–H and O–H groups in total. The summed E-state index contributed by atoms with van der Waals surface area (Å²) in [5, 5.41) is 10.3. The lowest BCUT2D eigenvalue weighted by atomic mass is 10.2. The second-order valence-electron chi connectivity index (χ2n) is 6.71. The molecule has 1 aromatic heterocycles. The number of hydrogen-bond donors (Lipinski definition) is 1. The molecule has 0 aliphatic rings. The van der Waals surface area contributed by atoms with Gasteiger partial charge in [-0.25, -0.2) is 9.78 Å². The van der Waals surface area contributed by atoms with E-state index in [0.717, 1.165) is 14.6 Å². The van der Waals surface area contributed by atoms with E-state index >= 15 is 0 Å². The second-order valence-corrected chi connectivity index (χ2v) is 9.01. The quantitative estimate of drug-likeness (QED) is 0.404. The molecule has 0 saturated carbocycles. The largest absolute Gasteiger partial charge is 0.490 e. The van der Waals surface area contributed by atoms with Crippen molar-refractivity contribution in [2.45, 2.75) is 24.3 Å². The molecule has 148 valence electrons. The lowest BCUT2D eigenvalue weighted by Gasteiger charge is -2.14. The molecule has 0 saturated heterocycles. The molecule has 0 amide bonds. The Balaban J connectivity index is 1.52. The van der Waals surface area contributed by atoms with Crippen LogP contribution in [0.4, 0.5) is 0 Å². The molecule has 0 aliphatic heterocycles. The Labute approximate surface area is 172 Å². The Kier molecular flexibility index (Phi) is 7.30. The molecule has 0 spiro atoms. The number of hydrogen-bond acceptors (Lipinski definition) is 7. The number of carbonyl (C=O) groups excluding carboxylic acids is 1. The minimum absolute atomic E-state index is 0.0897. The van der Waals surface area contributed by atoms with E-state index in [9.17, 15) is 9.90 Å². The Hall–Kier alpha value is -2.09. The van der Waals surface area contributed by atoms with Gasteiger partial charge in [-0.15, -0.1) is 11.3 Å². The number of carbonyl (C=O) groups is 1. The van der Waals surface area contributed by atoms with E-state index in [2.05, 4.69) is 4.98 Å². The van der Waals surface area contributed by atoms with E-state index in [1.54, 1.807) is 35.6 Å². The lowest BCUT2D eigenvalue weighted by molar-refractivity contribution is 0.0450. The summed E-state index contributed by atoms with van der Waals surface area (Å²) in [6.45, 7) is 4.41. The van der Waals surface area contributed by atoms with Gasteiger partial charge < -0.3 is 14.6 Å². The van der Waals surface area contributed by atoms with Gasteiger partial charge >= 0.3 is 5.97 Å². The molecule has 0 bridgehead atoms. The fraction of sp³-hybridized carbons (Fsp3) is 0.333. The van der Waals surface area contributed by atoms with Crippen LogP contribution in [0.15, 0.2) is 52.9 Å². The number of thiazole rings is 1. The van der Waals surface area contributed by atoms with Crippen molar-refractivity contribution in [3.05, 3.63) is 54.1 Å². The summed E-state index contributed by atoms with van der Waals surface area (Å²) in [7, 11) is 0. The maximum Gasteiger partial charge on any atom is 0.341 e. The zero-order chi connectivity index (χ0) is 19.9. The fourth-order valence-electron chi connectivity index (χ4n) is 2.40. The predicted octanol–water partition coefficient (Wildman–Crippen LogP) is 4.64. The van der Waals surface area contributed by atoms with Crippen LogP contribution in [0.2, 0.25) is 0 Å². The van der Waals surface area contributed by atoms with Crippen molar-refractivity contribution in [1.82, 2.24) is 4.98 Å². The fourth-order valence-corrected chi connectivity index (χ4v) is 4.40. The highest BCUT2D eigenvalue weighted by Crippen LogP contribution is 2.29. The van der Waals surface area contributed by atoms with Crippen molar-refractivity contribution in [1.29, 1.82) is 0 Å². The Morgan fingerprint density at radius 2 is 1.89 bits per heavy atom. The summed E-state index contributed by atoms with van der Waals surface area (Å²) < 4.78 is 13.0. The number of aliphatic hydroxyl groups is 1. The molecule has 28 heavy (non-hydrogen) atoms. The number of ether oxygens (including phenoxy) is 2. The van der Waals surface area contributed by atoms with Gasteiger partial charge in [0.25, 0.3) is 0 Å². The van der Waals surface area contributed by atoms with E-state index < -0.39 is 12.1 Å². The van der Waals surface area contributed by atoms with Gasteiger partial charge in [0.1, 0.15) is 17.9 Å². The van der Waals surface area contributed by atoms with Gasteiger partial charge in [0, 0.05) is 5.75 Å². The molecule has 1 atom stereocenters. The number of esters is 1.